The van der Waals surface area contributed by atoms with Gasteiger partial charge in [-0.1, -0.05) is 0 Å². The maximum absolute atomic E-state index is 14.6. The molecule has 4 rings (SSSR count). The highest BCUT2D eigenvalue weighted by Crippen LogP contribution is 2.34. The molecule has 14 heteroatoms. The highest BCUT2D eigenvalue weighted by molar-refractivity contribution is 7.89. The van der Waals surface area contributed by atoms with Gasteiger partial charge in [-0.2, -0.15) is 14.5 Å². The van der Waals surface area contributed by atoms with Crippen molar-refractivity contribution in [2.45, 2.75) is 29.0 Å². The van der Waals surface area contributed by atoms with Gasteiger partial charge in [0.15, 0.2) is 10.5 Å². The lowest BCUT2D eigenvalue weighted by Crippen LogP contribution is -2.40. The molecular weight excluding hydrogens is 408 g/mol. The summed E-state index contributed by atoms with van der Waals surface area (Å²) in [6.07, 6.45) is 5.35. The Morgan fingerprint density at radius 2 is 1.93 bits per heavy atom. The smallest absolute Gasteiger partial charge is 0.250 e. The van der Waals surface area contributed by atoms with Crippen LogP contribution in [0.3, 0.4) is 0 Å². The molecule has 0 spiro atoms. The molecule has 0 aromatic carbocycles. The molecule has 3 aromatic rings. The number of fused-ring (bicyclic) bond motifs is 1. The molecular formula is C16H22B3FN6O3S. The third-order valence-electron chi connectivity index (χ3n) is 5.16. The molecule has 0 N–H and O–H groups in total. The van der Waals surface area contributed by atoms with Gasteiger partial charge in [-0.05, 0) is 18.8 Å². The lowest BCUT2D eigenvalue weighted by molar-refractivity contribution is 0.278. The van der Waals surface area contributed by atoms with E-state index >= 15 is 0 Å². The van der Waals surface area contributed by atoms with Crippen LogP contribution in [-0.4, -0.2) is 79.0 Å². The minimum atomic E-state index is -3.78. The van der Waals surface area contributed by atoms with Crippen molar-refractivity contribution < 1.29 is 17.5 Å². The minimum absolute atomic E-state index is 0.0496. The number of sulfonamides is 1. The number of aryl methyl sites for hydroxylation is 1. The first-order chi connectivity index (χ1) is 14.1. The fourth-order valence-corrected chi connectivity index (χ4v) is 5.23. The van der Waals surface area contributed by atoms with Gasteiger partial charge in [0.1, 0.15) is 35.7 Å². The molecule has 9 nitrogen and oxygen atoms in total. The number of pyridine rings is 1. The Morgan fingerprint density at radius 1 is 1.23 bits per heavy atom. The molecule has 4 heterocycles. The Morgan fingerprint density at radius 3 is 2.60 bits per heavy atom. The van der Waals surface area contributed by atoms with Crippen molar-refractivity contribution in [1.82, 2.24) is 28.7 Å². The van der Waals surface area contributed by atoms with Gasteiger partial charge in [-0.15, -0.1) is 0 Å². The van der Waals surface area contributed by atoms with Gasteiger partial charge in [-0.25, -0.2) is 27.0 Å². The Bertz CT molecular complexity index is 1180. The quantitative estimate of drug-likeness (QED) is 0.438. The summed E-state index contributed by atoms with van der Waals surface area (Å²) in [6, 6.07) is 1.36. The van der Waals surface area contributed by atoms with Crippen molar-refractivity contribution in [2.75, 3.05) is 13.1 Å². The fraction of sp³-hybridized carbons (Fsp3) is 0.438. The van der Waals surface area contributed by atoms with E-state index in [1.165, 1.54) is 32.1 Å². The van der Waals surface area contributed by atoms with Crippen molar-refractivity contribution in [2.24, 2.45) is 7.05 Å². The van der Waals surface area contributed by atoms with Crippen molar-refractivity contribution in [3.63, 3.8) is 0 Å². The molecule has 0 radical (unpaired) electrons. The van der Waals surface area contributed by atoms with Gasteiger partial charge in [0.25, 0.3) is 0 Å². The van der Waals surface area contributed by atoms with Crippen LogP contribution in [0.15, 0.2) is 29.7 Å². The zero-order valence-electron chi connectivity index (χ0n) is 17.4. The fourth-order valence-electron chi connectivity index (χ4n) is 3.69. The molecule has 1 aliphatic heterocycles. The first-order valence-corrected chi connectivity index (χ1v) is 11.2. The van der Waals surface area contributed by atoms with Gasteiger partial charge in [0, 0.05) is 43.3 Å². The molecule has 0 bridgehead atoms. The monoisotopic (exact) mass is 430 g/mol. The summed E-state index contributed by atoms with van der Waals surface area (Å²) in [5, 5.41) is 7.57. The Labute approximate surface area is 176 Å². The molecule has 1 fully saturated rings. The summed E-state index contributed by atoms with van der Waals surface area (Å²) in [4.78, 5) is 4.03. The van der Waals surface area contributed by atoms with Crippen LogP contribution >= 0.6 is 0 Å². The van der Waals surface area contributed by atoms with Gasteiger partial charge < -0.3 is 4.74 Å². The summed E-state index contributed by atoms with van der Waals surface area (Å²) in [5.74, 6) is -0.221. The summed E-state index contributed by atoms with van der Waals surface area (Å²) >= 11 is 0. The van der Waals surface area contributed by atoms with E-state index in [0.717, 1.165) is 0 Å². The van der Waals surface area contributed by atoms with E-state index in [4.69, 9.17) is 4.74 Å². The van der Waals surface area contributed by atoms with E-state index in [1.807, 2.05) is 23.5 Å². The zero-order chi connectivity index (χ0) is 21.7. The zero-order valence-corrected chi connectivity index (χ0v) is 18.2. The highest BCUT2D eigenvalue weighted by Gasteiger charge is 2.35. The molecule has 1 saturated heterocycles. The molecule has 0 aliphatic carbocycles. The maximum atomic E-state index is 14.6. The topological polar surface area (TPSA) is 94.6 Å². The van der Waals surface area contributed by atoms with Crippen molar-refractivity contribution in [1.29, 1.82) is 0 Å². The van der Waals surface area contributed by atoms with Crippen LogP contribution in [0, 0.1) is 5.82 Å². The van der Waals surface area contributed by atoms with E-state index in [-0.39, 0.29) is 35.6 Å². The minimum Gasteiger partial charge on any atom is -0.498 e. The molecule has 3 aromatic heterocycles. The number of hydrogen-bond acceptors (Lipinski definition) is 6. The Kier molecular flexibility index (Phi) is 5.17. The first kappa shape index (κ1) is 20.9. The molecule has 0 saturated carbocycles. The SMILES string of the molecule is BC(B)(B)Oc1c(S(=O)(=O)N2CCC(c3cn4ncnc4cc3F)CC2)cnn1C. The number of hydrogen-bond donors (Lipinski definition) is 0. The van der Waals surface area contributed by atoms with E-state index < -0.39 is 15.3 Å². The van der Waals surface area contributed by atoms with Crippen LogP contribution in [0.2, 0.25) is 0 Å². The van der Waals surface area contributed by atoms with E-state index in [9.17, 15) is 12.8 Å². The van der Waals surface area contributed by atoms with Gasteiger partial charge in [-0.3, -0.25) is 0 Å². The van der Waals surface area contributed by atoms with Gasteiger partial charge in [0.2, 0.25) is 15.9 Å². The van der Waals surface area contributed by atoms with Crippen LogP contribution in [0.1, 0.15) is 24.3 Å². The lowest BCUT2D eigenvalue weighted by Gasteiger charge is -2.31. The Hall–Kier alpha value is -2.34. The molecule has 1 aliphatic rings. The standard InChI is InChI=1S/C16H22B3FN6O3S/c1-24-15(29-16(17,18)19)13(7-22-24)30(27,28)25-4-2-10(3-5-25)11-8-26-14(6-12(11)20)21-9-23-26/h6-10H,2-5,17-19H2,1H3. The number of aromatic nitrogens is 5. The van der Waals surface area contributed by atoms with Crippen molar-refractivity contribution >= 4 is 39.2 Å². The van der Waals surface area contributed by atoms with Crippen LogP contribution in [0.5, 0.6) is 5.88 Å². The second kappa shape index (κ2) is 7.42. The van der Waals surface area contributed by atoms with Gasteiger partial charge >= 0.3 is 0 Å². The molecule has 0 atom stereocenters. The number of ether oxygens (including phenoxy) is 1. The molecule has 30 heavy (non-hydrogen) atoms. The molecule has 0 amide bonds. The van der Waals surface area contributed by atoms with E-state index in [1.54, 1.807) is 13.2 Å². The van der Waals surface area contributed by atoms with Gasteiger partial charge in [0.05, 0.1) is 6.20 Å². The van der Waals surface area contributed by atoms with E-state index in [2.05, 4.69) is 15.2 Å². The predicted molar refractivity (Wildman–Crippen MR) is 116 cm³/mol. The Balaban J connectivity index is 1.54. The predicted octanol–water partition coefficient (Wildman–Crippen LogP) is -1.94. The van der Waals surface area contributed by atoms with Crippen LogP contribution in [0.25, 0.3) is 5.65 Å². The number of halogens is 1. The summed E-state index contributed by atoms with van der Waals surface area (Å²) in [6.45, 7) is 0.567. The van der Waals surface area contributed by atoms with Crippen LogP contribution in [0.4, 0.5) is 4.39 Å². The molecule has 156 valence electrons. The average Bonchev–Trinajstić information content (AvgIpc) is 3.26. The largest absolute Gasteiger partial charge is 0.498 e. The lowest BCUT2D eigenvalue weighted by atomic mass is 9.52. The summed E-state index contributed by atoms with van der Waals surface area (Å²) in [5.41, 5.74) is 0.974. The first-order valence-electron chi connectivity index (χ1n) is 9.76. The van der Waals surface area contributed by atoms with Crippen molar-refractivity contribution in [3.8, 4) is 5.88 Å². The summed E-state index contributed by atoms with van der Waals surface area (Å²) in [7, 11) is 3.41. The van der Waals surface area contributed by atoms with Crippen molar-refractivity contribution in [3.05, 3.63) is 36.2 Å². The number of nitrogens with zero attached hydrogens (tertiary/aromatic N) is 6. The van der Waals surface area contributed by atoms with Crippen LogP contribution < -0.4 is 4.74 Å². The second-order valence-electron chi connectivity index (χ2n) is 8.47. The van der Waals surface area contributed by atoms with E-state index in [0.29, 0.717) is 24.1 Å². The number of piperidine rings is 1. The maximum Gasteiger partial charge on any atom is 0.250 e. The third-order valence-corrected chi connectivity index (χ3v) is 7.04. The summed E-state index contributed by atoms with van der Waals surface area (Å²) < 4.78 is 51.3. The average molecular weight is 430 g/mol. The second-order valence-corrected chi connectivity index (χ2v) is 10.4. The normalized spacial score (nSPS) is 16.9. The number of rotatable bonds is 5. The van der Waals surface area contributed by atoms with Crippen LogP contribution in [-0.2, 0) is 17.1 Å². The highest BCUT2D eigenvalue weighted by atomic mass is 32.2. The third kappa shape index (κ3) is 3.85. The molecule has 0 unspecified atom stereocenters.